The zero-order chi connectivity index (χ0) is 13.5. The normalized spacial score (nSPS) is 10.2. The van der Waals surface area contributed by atoms with E-state index in [2.05, 4.69) is 55.5 Å². The van der Waals surface area contributed by atoms with Crippen LogP contribution < -0.4 is 10.1 Å². The van der Waals surface area contributed by atoms with Gasteiger partial charge >= 0.3 is 0 Å². The van der Waals surface area contributed by atoms with E-state index in [1.165, 1.54) is 5.56 Å². The molecule has 0 bridgehead atoms. The summed E-state index contributed by atoms with van der Waals surface area (Å²) in [6, 6.07) is 10.4. The van der Waals surface area contributed by atoms with Crippen LogP contribution in [0.5, 0.6) is 5.88 Å². The number of nitrogens with one attached hydrogen (secondary N) is 1. The molecule has 0 unspecified atom stereocenters. The van der Waals surface area contributed by atoms with Gasteiger partial charge in [-0.3, -0.25) is 0 Å². The van der Waals surface area contributed by atoms with Crippen molar-refractivity contribution in [1.82, 2.24) is 9.97 Å². The second kappa shape index (κ2) is 7.09. The number of rotatable bonds is 6. The Balaban J connectivity index is 1.80. The number of benzene rings is 1. The second-order valence-corrected chi connectivity index (χ2v) is 4.92. The number of nitrogens with zero attached hydrogens (tertiary/aromatic N) is 2. The fourth-order valence-electron chi connectivity index (χ4n) is 1.72. The smallest absolute Gasteiger partial charge is 0.232 e. The van der Waals surface area contributed by atoms with Crippen LogP contribution in [0.15, 0.2) is 41.0 Å². The maximum atomic E-state index is 5.12. The maximum Gasteiger partial charge on any atom is 0.232 e. The summed E-state index contributed by atoms with van der Waals surface area (Å²) in [6.45, 7) is 0.833. The highest BCUT2D eigenvalue weighted by Crippen LogP contribution is 2.21. The van der Waals surface area contributed by atoms with Crippen LogP contribution in [-0.2, 0) is 6.42 Å². The lowest BCUT2D eigenvalue weighted by atomic mass is 10.1. The Morgan fingerprint density at radius 3 is 2.79 bits per heavy atom. The Kier molecular flexibility index (Phi) is 5.15. The molecule has 1 N–H and O–H groups in total. The molecule has 0 atom stereocenters. The lowest BCUT2D eigenvalue weighted by Crippen LogP contribution is -2.07. The number of halogens is 1. The van der Waals surface area contributed by atoms with E-state index in [1.54, 1.807) is 13.3 Å². The van der Waals surface area contributed by atoms with Gasteiger partial charge in [0.15, 0.2) is 0 Å². The Morgan fingerprint density at radius 2 is 2.05 bits per heavy atom. The molecule has 0 aliphatic heterocycles. The van der Waals surface area contributed by atoms with Crippen LogP contribution in [0.2, 0.25) is 0 Å². The van der Waals surface area contributed by atoms with Crippen molar-refractivity contribution in [3.05, 3.63) is 46.6 Å². The number of aromatic nitrogens is 2. The number of methoxy groups -OCH3 is 1. The van der Waals surface area contributed by atoms with E-state index in [1.807, 2.05) is 6.07 Å². The first-order valence-electron chi connectivity index (χ1n) is 6.14. The molecule has 0 aliphatic rings. The Hall–Kier alpha value is -1.62. The van der Waals surface area contributed by atoms with E-state index in [-0.39, 0.29) is 0 Å². The summed E-state index contributed by atoms with van der Waals surface area (Å²) in [5, 5.41) is 3.19. The molecular formula is C14H16BrN3O. The summed E-state index contributed by atoms with van der Waals surface area (Å²) in [5.74, 6) is 1.13. The lowest BCUT2D eigenvalue weighted by molar-refractivity contribution is 0.394. The summed E-state index contributed by atoms with van der Waals surface area (Å²) < 4.78 is 5.88. The molecule has 2 rings (SSSR count). The van der Waals surface area contributed by atoms with Gasteiger partial charge in [0.2, 0.25) is 11.8 Å². The lowest BCUT2D eigenvalue weighted by Gasteiger charge is -2.07. The molecule has 0 radical (unpaired) electrons. The number of anilines is 1. The van der Waals surface area contributed by atoms with Gasteiger partial charge in [0, 0.05) is 6.54 Å². The van der Waals surface area contributed by atoms with Crippen molar-refractivity contribution in [3.8, 4) is 5.88 Å². The van der Waals surface area contributed by atoms with Gasteiger partial charge < -0.3 is 10.1 Å². The molecule has 0 saturated carbocycles. The van der Waals surface area contributed by atoms with Crippen LogP contribution in [0.1, 0.15) is 12.0 Å². The molecule has 1 heterocycles. The van der Waals surface area contributed by atoms with Gasteiger partial charge in [-0.1, -0.05) is 30.3 Å². The summed E-state index contributed by atoms with van der Waals surface area (Å²) in [6.07, 6.45) is 3.76. The number of aryl methyl sites for hydroxylation is 1. The van der Waals surface area contributed by atoms with Crippen LogP contribution in [0, 0.1) is 0 Å². The predicted octanol–water partition coefficient (Wildman–Crippen LogP) is 3.29. The van der Waals surface area contributed by atoms with Crippen LogP contribution in [0.25, 0.3) is 0 Å². The van der Waals surface area contributed by atoms with E-state index in [0.29, 0.717) is 11.8 Å². The molecule has 0 spiro atoms. The summed E-state index contributed by atoms with van der Waals surface area (Å²) in [7, 11) is 1.59. The third-order valence-corrected chi connectivity index (χ3v) is 3.22. The zero-order valence-electron chi connectivity index (χ0n) is 10.8. The number of hydrogen-bond acceptors (Lipinski definition) is 4. The fraction of sp³-hybridized carbons (Fsp3) is 0.286. The van der Waals surface area contributed by atoms with Gasteiger partial charge in [0.05, 0.1) is 17.8 Å². The molecule has 1 aromatic carbocycles. The van der Waals surface area contributed by atoms with Gasteiger partial charge in [-0.15, -0.1) is 0 Å². The molecule has 0 fully saturated rings. The molecule has 5 heteroatoms. The number of hydrogen-bond donors (Lipinski definition) is 1. The van der Waals surface area contributed by atoms with Crippen molar-refractivity contribution in [1.29, 1.82) is 0 Å². The summed E-state index contributed by atoms with van der Waals surface area (Å²) in [5.41, 5.74) is 1.35. The molecule has 0 amide bonds. The third kappa shape index (κ3) is 4.21. The number of ether oxygens (including phenoxy) is 1. The van der Waals surface area contributed by atoms with Crippen LogP contribution in [0.4, 0.5) is 5.95 Å². The van der Waals surface area contributed by atoms with Gasteiger partial charge in [-0.25, -0.2) is 4.98 Å². The first-order valence-corrected chi connectivity index (χ1v) is 6.93. The Morgan fingerprint density at radius 1 is 1.26 bits per heavy atom. The quantitative estimate of drug-likeness (QED) is 0.829. The molecule has 1 aromatic heterocycles. The Labute approximate surface area is 121 Å². The minimum Gasteiger partial charge on any atom is -0.480 e. The van der Waals surface area contributed by atoms with E-state index >= 15 is 0 Å². The average molecular weight is 322 g/mol. The Bertz CT molecular complexity index is 519. The predicted molar refractivity (Wildman–Crippen MR) is 79.5 cm³/mol. The molecule has 19 heavy (non-hydrogen) atoms. The second-order valence-electron chi connectivity index (χ2n) is 4.07. The summed E-state index contributed by atoms with van der Waals surface area (Å²) >= 11 is 3.33. The van der Waals surface area contributed by atoms with Gasteiger partial charge in [-0.2, -0.15) is 4.98 Å². The van der Waals surface area contributed by atoms with Crippen LogP contribution in [0.3, 0.4) is 0 Å². The molecule has 2 aromatic rings. The highest BCUT2D eigenvalue weighted by Gasteiger charge is 2.04. The minimum absolute atomic E-state index is 0.542. The molecular weight excluding hydrogens is 306 g/mol. The van der Waals surface area contributed by atoms with E-state index < -0.39 is 0 Å². The van der Waals surface area contributed by atoms with E-state index in [4.69, 9.17) is 4.74 Å². The van der Waals surface area contributed by atoms with Gasteiger partial charge in [0.1, 0.15) is 0 Å². The molecule has 0 aliphatic carbocycles. The monoisotopic (exact) mass is 321 g/mol. The van der Waals surface area contributed by atoms with Crippen LogP contribution >= 0.6 is 15.9 Å². The zero-order valence-corrected chi connectivity index (χ0v) is 12.4. The molecule has 4 nitrogen and oxygen atoms in total. The van der Waals surface area contributed by atoms with Gasteiger partial charge in [-0.05, 0) is 34.3 Å². The van der Waals surface area contributed by atoms with E-state index in [9.17, 15) is 0 Å². The SMILES string of the molecule is COc1nc(NCCCc2ccccc2)ncc1Br. The van der Waals surface area contributed by atoms with Crippen molar-refractivity contribution >= 4 is 21.9 Å². The van der Waals surface area contributed by atoms with Gasteiger partial charge in [0.25, 0.3) is 0 Å². The maximum absolute atomic E-state index is 5.12. The van der Waals surface area contributed by atoms with Crippen molar-refractivity contribution < 1.29 is 4.74 Å². The summed E-state index contributed by atoms with van der Waals surface area (Å²) in [4.78, 5) is 8.43. The highest BCUT2D eigenvalue weighted by molar-refractivity contribution is 9.10. The first kappa shape index (κ1) is 13.8. The first-order chi connectivity index (χ1) is 9.29. The largest absolute Gasteiger partial charge is 0.480 e. The van der Waals surface area contributed by atoms with Crippen molar-refractivity contribution in [2.24, 2.45) is 0 Å². The topological polar surface area (TPSA) is 47.0 Å². The minimum atomic E-state index is 0.542. The molecule has 100 valence electrons. The fourth-order valence-corrected chi connectivity index (χ4v) is 2.07. The van der Waals surface area contributed by atoms with Crippen molar-refractivity contribution in [2.75, 3.05) is 19.0 Å². The van der Waals surface area contributed by atoms with Crippen molar-refractivity contribution in [2.45, 2.75) is 12.8 Å². The van der Waals surface area contributed by atoms with Crippen molar-refractivity contribution in [3.63, 3.8) is 0 Å². The van der Waals surface area contributed by atoms with Crippen LogP contribution in [-0.4, -0.2) is 23.6 Å². The average Bonchev–Trinajstić information content (AvgIpc) is 2.46. The third-order valence-electron chi connectivity index (χ3n) is 2.67. The molecule has 0 saturated heterocycles. The standard InChI is InChI=1S/C14H16BrN3O/c1-19-13-12(15)10-17-14(18-13)16-9-5-8-11-6-3-2-4-7-11/h2-4,6-7,10H,5,8-9H2,1H3,(H,16,17,18). The highest BCUT2D eigenvalue weighted by atomic mass is 79.9. The van der Waals surface area contributed by atoms with E-state index in [0.717, 1.165) is 23.9 Å².